The summed E-state index contributed by atoms with van der Waals surface area (Å²) in [6.07, 6.45) is 3.36. The highest BCUT2D eigenvalue weighted by molar-refractivity contribution is 9.10. The van der Waals surface area contributed by atoms with Gasteiger partial charge in [0.15, 0.2) is 5.69 Å². The number of hydrogen-bond donors (Lipinski definition) is 2. The van der Waals surface area contributed by atoms with Gasteiger partial charge < -0.3 is 0 Å². The lowest BCUT2D eigenvalue weighted by atomic mass is 10.3. The molecule has 0 unspecified atom stereocenters. The van der Waals surface area contributed by atoms with E-state index >= 15 is 0 Å². The second-order valence-electron chi connectivity index (χ2n) is 2.36. The molecule has 0 atom stereocenters. The number of allylic oxidation sites excluding steroid dienone is 1. The van der Waals surface area contributed by atoms with Gasteiger partial charge >= 0.3 is 0 Å². The second kappa shape index (κ2) is 4.72. The van der Waals surface area contributed by atoms with Gasteiger partial charge in [-0.25, -0.2) is 10.2 Å². The van der Waals surface area contributed by atoms with Gasteiger partial charge in [0, 0.05) is 16.7 Å². The number of halogens is 2. The molecule has 0 aliphatic carbocycles. The molecule has 1 heterocycles. The highest BCUT2D eigenvalue weighted by atomic mass is 79.9. The minimum absolute atomic E-state index is 0.521. The summed E-state index contributed by atoms with van der Waals surface area (Å²) in [4.78, 5) is 4.08. The van der Waals surface area contributed by atoms with Crippen LogP contribution in [0.25, 0.3) is 5.03 Å². The fourth-order valence-electron chi connectivity index (χ4n) is 0.890. The number of aromatic nitrogens is 1. The topological polar surface area (TPSA) is 49.7 Å². The Morgan fingerprint density at radius 1 is 1.77 bits per heavy atom. The molecule has 0 saturated carbocycles. The van der Waals surface area contributed by atoms with E-state index in [0.717, 1.165) is 9.95 Å². The van der Waals surface area contributed by atoms with E-state index in [9.17, 15) is 0 Å². The number of quaternary nitrogens is 1. The van der Waals surface area contributed by atoms with Crippen LogP contribution < -0.4 is 5.48 Å². The summed E-state index contributed by atoms with van der Waals surface area (Å²) in [6, 6.07) is 1.74. The molecule has 0 amide bonds. The molecule has 0 aromatic carbocycles. The predicted molar refractivity (Wildman–Crippen MR) is 54.8 cm³/mol. The van der Waals surface area contributed by atoms with Crippen LogP contribution in [0.1, 0.15) is 12.6 Å². The Morgan fingerprint density at radius 3 is 3.00 bits per heavy atom. The molecule has 3 nitrogen and oxygen atoms in total. The standard InChI is InChI=1S/C8H8BrClN2O/c1-2-6(10)8-7(12-13)3-5(9)4-11-8/h2-4,12-13H,1H3/p+1/b6-2+. The van der Waals surface area contributed by atoms with Crippen molar-refractivity contribution >= 4 is 38.3 Å². The van der Waals surface area contributed by atoms with E-state index in [2.05, 4.69) is 20.9 Å². The number of pyridine rings is 1. The van der Waals surface area contributed by atoms with E-state index in [0.29, 0.717) is 16.4 Å². The van der Waals surface area contributed by atoms with Gasteiger partial charge in [0.25, 0.3) is 0 Å². The maximum Gasteiger partial charge on any atom is 0.190 e. The lowest BCUT2D eigenvalue weighted by Crippen LogP contribution is -2.74. The quantitative estimate of drug-likeness (QED) is 0.803. The van der Waals surface area contributed by atoms with Gasteiger partial charge in [0.1, 0.15) is 5.69 Å². The first-order valence-corrected chi connectivity index (χ1v) is 4.81. The van der Waals surface area contributed by atoms with Crippen LogP contribution in [-0.4, -0.2) is 10.2 Å². The van der Waals surface area contributed by atoms with Gasteiger partial charge in [-0.15, -0.1) is 0 Å². The van der Waals surface area contributed by atoms with Crippen LogP contribution in [0.15, 0.2) is 22.8 Å². The zero-order chi connectivity index (χ0) is 9.84. The van der Waals surface area contributed by atoms with E-state index in [1.807, 2.05) is 6.92 Å². The van der Waals surface area contributed by atoms with Gasteiger partial charge in [-0.1, -0.05) is 17.7 Å². The third-order valence-corrected chi connectivity index (χ3v) is 2.33. The number of rotatable bonds is 2. The lowest BCUT2D eigenvalue weighted by Gasteiger charge is -2.01. The predicted octanol–water partition coefficient (Wildman–Crippen LogP) is 2.03. The van der Waals surface area contributed by atoms with Crippen LogP contribution in [0.4, 0.5) is 5.69 Å². The molecule has 0 fully saturated rings. The lowest BCUT2D eigenvalue weighted by molar-refractivity contribution is -0.826. The molecule has 1 aromatic rings. The van der Waals surface area contributed by atoms with Gasteiger partial charge in [-0.3, -0.25) is 0 Å². The first kappa shape index (κ1) is 10.7. The summed E-state index contributed by atoms with van der Waals surface area (Å²) < 4.78 is 0.803. The maximum atomic E-state index is 8.92. The number of nitrogens with two attached hydrogens (primary N) is 1. The summed E-state index contributed by atoms with van der Waals surface area (Å²) in [5, 5.41) is 9.44. The van der Waals surface area contributed by atoms with Crippen LogP contribution in [0.3, 0.4) is 0 Å². The summed E-state index contributed by atoms with van der Waals surface area (Å²) in [5.74, 6) is 0. The Morgan fingerprint density at radius 2 is 2.46 bits per heavy atom. The minimum atomic E-state index is 0.521. The van der Waals surface area contributed by atoms with Gasteiger partial charge in [-0.2, -0.15) is 5.48 Å². The molecular formula is C8H9BrClN2O+. The van der Waals surface area contributed by atoms with Crippen LogP contribution >= 0.6 is 27.5 Å². The van der Waals surface area contributed by atoms with E-state index in [-0.39, 0.29) is 0 Å². The smallest absolute Gasteiger partial charge is 0.190 e. The fourth-order valence-corrected chi connectivity index (χ4v) is 1.40. The first-order valence-electron chi connectivity index (χ1n) is 3.64. The minimum Gasteiger partial charge on any atom is -0.248 e. The van der Waals surface area contributed by atoms with Crippen LogP contribution in [0.5, 0.6) is 0 Å². The van der Waals surface area contributed by atoms with E-state index in [4.69, 9.17) is 16.8 Å². The first-order chi connectivity index (χ1) is 6.19. The van der Waals surface area contributed by atoms with Crippen molar-refractivity contribution in [1.82, 2.24) is 4.98 Å². The van der Waals surface area contributed by atoms with E-state index in [1.54, 1.807) is 18.3 Å². The Balaban J connectivity index is 3.21. The highest BCUT2D eigenvalue weighted by Gasteiger charge is 2.10. The van der Waals surface area contributed by atoms with Crippen LogP contribution in [0.2, 0.25) is 0 Å². The molecule has 5 heteroatoms. The van der Waals surface area contributed by atoms with Crippen molar-refractivity contribution in [2.24, 2.45) is 0 Å². The van der Waals surface area contributed by atoms with Crippen LogP contribution in [-0.2, 0) is 0 Å². The normalized spacial score (nSPS) is 11.8. The summed E-state index contributed by atoms with van der Waals surface area (Å²) in [6.45, 7) is 1.81. The number of nitrogens with zero attached hydrogens (tertiary/aromatic N) is 1. The summed E-state index contributed by atoms with van der Waals surface area (Å²) >= 11 is 9.13. The monoisotopic (exact) mass is 263 g/mol. The molecule has 0 saturated heterocycles. The Labute approximate surface area is 89.5 Å². The molecule has 70 valence electrons. The van der Waals surface area contributed by atoms with Gasteiger partial charge in [0.2, 0.25) is 0 Å². The fraction of sp³-hybridized carbons (Fsp3) is 0.125. The Hall–Kier alpha value is -0.420. The third-order valence-electron chi connectivity index (χ3n) is 1.50. The van der Waals surface area contributed by atoms with Crippen molar-refractivity contribution in [2.75, 3.05) is 0 Å². The third kappa shape index (κ3) is 2.51. The average molecular weight is 265 g/mol. The molecule has 0 bridgehead atoms. The SMILES string of the molecule is C/C=C(/Cl)c1ncc(Br)cc1[NH2+]O. The molecule has 13 heavy (non-hydrogen) atoms. The Bertz CT molecular complexity index is 341. The largest absolute Gasteiger partial charge is 0.248 e. The van der Waals surface area contributed by atoms with Crippen molar-refractivity contribution in [1.29, 1.82) is 0 Å². The molecule has 0 aliphatic rings. The van der Waals surface area contributed by atoms with E-state index < -0.39 is 0 Å². The van der Waals surface area contributed by atoms with Crippen molar-refractivity contribution < 1.29 is 10.7 Å². The van der Waals surface area contributed by atoms with Crippen LogP contribution in [0, 0.1) is 0 Å². The van der Waals surface area contributed by atoms with Crippen molar-refractivity contribution in [3.05, 3.63) is 28.5 Å². The highest BCUT2D eigenvalue weighted by Crippen LogP contribution is 2.23. The van der Waals surface area contributed by atoms with E-state index in [1.165, 1.54) is 0 Å². The van der Waals surface area contributed by atoms with Crippen molar-refractivity contribution in [3.63, 3.8) is 0 Å². The van der Waals surface area contributed by atoms with Gasteiger partial charge in [-0.05, 0) is 22.9 Å². The molecule has 1 aromatic heterocycles. The molecule has 0 aliphatic heterocycles. The van der Waals surface area contributed by atoms with Gasteiger partial charge in [0.05, 0.1) is 5.03 Å². The van der Waals surface area contributed by atoms with Crippen molar-refractivity contribution in [3.8, 4) is 0 Å². The summed E-state index contributed by atoms with van der Waals surface area (Å²) in [5.41, 5.74) is 2.16. The molecule has 0 radical (unpaired) electrons. The Kier molecular flexibility index (Phi) is 3.87. The van der Waals surface area contributed by atoms with Crippen molar-refractivity contribution in [2.45, 2.75) is 6.92 Å². The molecule has 0 spiro atoms. The zero-order valence-electron chi connectivity index (χ0n) is 6.96. The maximum absolute atomic E-state index is 8.92. The number of hydrogen-bond acceptors (Lipinski definition) is 2. The molecule has 3 N–H and O–H groups in total. The second-order valence-corrected chi connectivity index (χ2v) is 3.68. The summed E-state index contributed by atoms with van der Waals surface area (Å²) in [7, 11) is 0. The average Bonchev–Trinajstić information content (AvgIpc) is 2.16. The zero-order valence-corrected chi connectivity index (χ0v) is 9.30. The molecular weight excluding hydrogens is 255 g/mol. The molecule has 1 rings (SSSR count).